The second-order valence-electron chi connectivity index (χ2n) is 8.08. The first kappa shape index (κ1) is 20.6. The van der Waals surface area contributed by atoms with Gasteiger partial charge in [-0.1, -0.05) is 42.5 Å². The summed E-state index contributed by atoms with van der Waals surface area (Å²) in [5.74, 6) is 1.12. The third-order valence-corrected chi connectivity index (χ3v) is 6.06. The largest absolute Gasteiger partial charge is 0.493 e. The average molecular weight is 437 g/mol. The first-order chi connectivity index (χ1) is 15.4. The Morgan fingerprint density at radius 2 is 1.72 bits per heavy atom. The van der Waals surface area contributed by atoms with Crippen LogP contribution in [0.5, 0.6) is 5.75 Å². The molecular formula is C26H22F3NO2. The Morgan fingerprint density at radius 3 is 2.44 bits per heavy atom. The van der Waals surface area contributed by atoms with Crippen molar-refractivity contribution in [2.45, 2.75) is 25.7 Å². The van der Waals surface area contributed by atoms with Crippen LogP contribution in [0.1, 0.15) is 22.3 Å². The van der Waals surface area contributed by atoms with E-state index in [1.807, 2.05) is 18.2 Å². The number of rotatable bonds is 4. The lowest BCUT2D eigenvalue weighted by Gasteiger charge is -2.29. The zero-order valence-corrected chi connectivity index (χ0v) is 17.6. The fraction of sp³-hybridized carbons (Fsp3) is 0.231. The molecule has 164 valence electrons. The number of ether oxygens (including phenoxy) is 1. The van der Waals surface area contributed by atoms with Gasteiger partial charge in [0, 0.05) is 30.6 Å². The molecule has 1 aliphatic rings. The fourth-order valence-corrected chi connectivity index (χ4v) is 4.35. The van der Waals surface area contributed by atoms with Gasteiger partial charge in [0.2, 0.25) is 0 Å². The summed E-state index contributed by atoms with van der Waals surface area (Å²) in [7, 11) is 1.58. The summed E-state index contributed by atoms with van der Waals surface area (Å²) < 4.78 is 50.3. The molecule has 4 aromatic rings. The summed E-state index contributed by atoms with van der Waals surface area (Å²) in [6.45, 7) is 2.60. The maximum Gasteiger partial charge on any atom is 0.416 e. The van der Waals surface area contributed by atoms with Crippen LogP contribution in [-0.2, 0) is 25.7 Å². The predicted octanol–water partition coefficient (Wildman–Crippen LogP) is 6.69. The lowest BCUT2D eigenvalue weighted by Crippen LogP contribution is -2.30. The van der Waals surface area contributed by atoms with E-state index in [2.05, 4.69) is 29.2 Å². The summed E-state index contributed by atoms with van der Waals surface area (Å²) in [5, 5.41) is 0.915. The van der Waals surface area contributed by atoms with Crippen LogP contribution in [0.2, 0.25) is 0 Å². The molecule has 0 aliphatic carbocycles. The van der Waals surface area contributed by atoms with Gasteiger partial charge in [-0.25, -0.2) is 0 Å². The molecule has 0 radical (unpaired) electrons. The number of hydrogen-bond acceptors (Lipinski definition) is 3. The van der Waals surface area contributed by atoms with Crippen molar-refractivity contribution < 1.29 is 22.3 Å². The highest BCUT2D eigenvalue weighted by Crippen LogP contribution is 2.37. The summed E-state index contributed by atoms with van der Waals surface area (Å²) >= 11 is 0. The van der Waals surface area contributed by atoms with Gasteiger partial charge in [-0.15, -0.1) is 0 Å². The molecule has 1 aromatic heterocycles. The van der Waals surface area contributed by atoms with E-state index in [9.17, 15) is 13.2 Å². The van der Waals surface area contributed by atoms with E-state index in [-0.39, 0.29) is 0 Å². The number of alkyl halides is 3. The molecule has 6 heteroatoms. The minimum Gasteiger partial charge on any atom is -0.493 e. The third-order valence-electron chi connectivity index (χ3n) is 6.06. The molecule has 5 rings (SSSR count). The van der Waals surface area contributed by atoms with Gasteiger partial charge < -0.3 is 9.15 Å². The van der Waals surface area contributed by atoms with Crippen LogP contribution in [0.25, 0.3) is 22.3 Å². The maximum atomic E-state index is 12.9. The number of benzene rings is 3. The van der Waals surface area contributed by atoms with Gasteiger partial charge in [0.1, 0.15) is 5.76 Å². The molecule has 3 aromatic carbocycles. The van der Waals surface area contributed by atoms with E-state index in [1.54, 1.807) is 7.11 Å². The topological polar surface area (TPSA) is 25.6 Å². The SMILES string of the molecule is COc1ccc(CN2CCc3ccccc3C2)c2cc(-c3ccc(C(F)(F)F)cc3)oc12. The van der Waals surface area contributed by atoms with Gasteiger partial charge >= 0.3 is 6.18 Å². The Kier molecular flexibility index (Phi) is 5.18. The van der Waals surface area contributed by atoms with Crippen molar-refractivity contribution in [3.63, 3.8) is 0 Å². The Bertz CT molecular complexity index is 1260. The summed E-state index contributed by atoms with van der Waals surface area (Å²) in [5.41, 5.74) is 4.37. The quantitative estimate of drug-likeness (QED) is 0.356. The van der Waals surface area contributed by atoms with Gasteiger partial charge in [0.05, 0.1) is 12.7 Å². The zero-order chi connectivity index (χ0) is 22.3. The summed E-state index contributed by atoms with van der Waals surface area (Å²) in [4.78, 5) is 2.40. The van der Waals surface area contributed by atoms with E-state index in [4.69, 9.17) is 9.15 Å². The fourth-order valence-electron chi connectivity index (χ4n) is 4.35. The van der Waals surface area contributed by atoms with E-state index in [0.29, 0.717) is 22.7 Å². The number of fused-ring (bicyclic) bond motifs is 2. The molecule has 0 saturated heterocycles. The number of nitrogens with zero attached hydrogens (tertiary/aromatic N) is 1. The highest BCUT2D eigenvalue weighted by molar-refractivity contribution is 5.90. The van der Waals surface area contributed by atoms with Crippen LogP contribution >= 0.6 is 0 Å². The first-order valence-corrected chi connectivity index (χ1v) is 10.5. The standard InChI is InChI=1S/C26H22F3NO2/c1-31-23-11-8-20(16-30-13-12-17-4-2-3-5-19(17)15-30)22-14-24(32-25(22)23)18-6-9-21(10-7-18)26(27,28)29/h2-11,14H,12-13,15-16H2,1H3. The number of hydrogen-bond donors (Lipinski definition) is 0. The van der Waals surface area contributed by atoms with E-state index in [1.165, 1.54) is 23.3 Å². The first-order valence-electron chi connectivity index (χ1n) is 10.5. The molecule has 0 atom stereocenters. The normalized spacial score (nSPS) is 14.5. The molecule has 0 spiro atoms. The van der Waals surface area contributed by atoms with Crippen molar-refractivity contribution in [1.29, 1.82) is 0 Å². The molecule has 0 saturated carbocycles. The number of methoxy groups -OCH3 is 1. The second kappa shape index (κ2) is 8.02. The molecule has 2 heterocycles. The van der Waals surface area contributed by atoms with Gasteiger partial charge in [-0.3, -0.25) is 4.90 Å². The average Bonchev–Trinajstić information content (AvgIpc) is 3.25. The maximum absolute atomic E-state index is 12.9. The van der Waals surface area contributed by atoms with Crippen molar-refractivity contribution in [2.24, 2.45) is 0 Å². The van der Waals surface area contributed by atoms with Gasteiger partial charge in [0.15, 0.2) is 11.3 Å². The molecule has 0 amide bonds. The second-order valence-corrected chi connectivity index (χ2v) is 8.08. The Morgan fingerprint density at radius 1 is 0.969 bits per heavy atom. The Hall–Kier alpha value is -3.25. The van der Waals surface area contributed by atoms with Crippen LogP contribution in [0.3, 0.4) is 0 Å². The van der Waals surface area contributed by atoms with Gasteiger partial charge in [-0.05, 0) is 47.4 Å². The third kappa shape index (κ3) is 3.86. The van der Waals surface area contributed by atoms with E-state index in [0.717, 1.165) is 49.1 Å². The Labute approximate surface area is 184 Å². The summed E-state index contributed by atoms with van der Waals surface area (Å²) in [6.07, 6.45) is -3.35. The van der Waals surface area contributed by atoms with Crippen LogP contribution in [0.15, 0.2) is 71.1 Å². The summed E-state index contributed by atoms with van der Waals surface area (Å²) in [6, 6.07) is 19.4. The number of furan rings is 1. The van der Waals surface area contributed by atoms with E-state index < -0.39 is 11.7 Å². The van der Waals surface area contributed by atoms with Crippen molar-refractivity contribution >= 4 is 11.0 Å². The van der Waals surface area contributed by atoms with Crippen LogP contribution in [0, 0.1) is 0 Å². The monoisotopic (exact) mass is 437 g/mol. The smallest absolute Gasteiger partial charge is 0.416 e. The molecule has 32 heavy (non-hydrogen) atoms. The van der Waals surface area contributed by atoms with E-state index >= 15 is 0 Å². The van der Waals surface area contributed by atoms with Gasteiger partial charge in [0.25, 0.3) is 0 Å². The molecule has 0 fully saturated rings. The minimum atomic E-state index is -4.37. The molecule has 0 unspecified atom stereocenters. The van der Waals surface area contributed by atoms with Crippen LogP contribution in [0.4, 0.5) is 13.2 Å². The highest BCUT2D eigenvalue weighted by atomic mass is 19.4. The lowest BCUT2D eigenvalue weighted by molar-refractivity contribution is -0.137. The molecule has 3 nitrogen and oxygen atoms in total. The Balaban J connectivity index is 1.48. The number of halogens is 3. The molecule has 0 N–H and O–H groups in total. The molecule has 1 aliphatic heterocycles. The highest BCUT2D eigenvalue weighted by Gasteiger charge is 2.30. The minimum absolute atomic E-state index is 0.517. The molecular weight excluding hydrogens is 415 g/mol. The van der Waals surface area contributed by atoms with Crippen molar-refractivity contribution in [3.8, 4) is 17.1 Å². The lowest BCUT2D eigenvalue weighted by atomic mass is 9.99. The van der Waals surface area contributed by atoms with Crippen LogP contribution in [-0.4, -0.2) is 18.6 Å². The van der Waals surface area contributed by atoms with Crippen molar-refractivity contribution in [3.05, 3.63) is 89.0 Å². The predicted molar refractivity (Wildman–Crippen MR) is 117 cm³/mol. The zero-order valence-electron chi connectivity index (χ0n) is 17.6. The van der Waals surface area contributed by atoms with Crippen LogP contribution < -0.4 is 4.74 Å². The van der Waals surface area contributed by atoms with Gasteiger partial charge in [-0.2, -0.15) is 13.2 Å². The van der Waals surface area contributed by atoms with Crippen molar-refractivity contribution in [1.82, 2.24) is 4.90 Å². The molecule has 0 bridgehead atoms. The van der Waals surface area contributed by atoms with Crippen molar-refractivity contribution in [2.75, 3.05) is 13.7 Å².